The van der Waals surface area contributed by atoms with Crippen LogP contribution in [0.2, 0.25) is 19.6 Å². The second-order valence-corrected chi connectivity index (χ2v) is 9.37. The van der Waals surface area contributed by atoms with Crippen LogP contribution in [0.5, 0.6) is 11.5 Å². The van der Waals surface area contributed by atoms with Gasteiger partial charge in [-0.2, -0.15) is 0 Å². The number of hydrogen-bond acceptors (Lipinski definition) is 4. The maximum atomic E-state index is 11.8. The van der Waals surface area contributed by atoms with Crippen molar-refractivity contribution in [3.8, 4) is 11.5 Å². The van der Waals surface area contributed by atoms with Crippen molar-refractivity contribution in [2.45, 2.75) is 26.1 Å². The highest BCUT2D eigenvalue weighted by Crippen LogP contribution is 2.25. The molecule has 0 saturated carbocycles. The average Bonchev–Trinajstić information content (AvgIpc) is 2.27. The molecule has 1 rings (SSSR count). The Morgan fingerprint density at radius 3 is 2.33 bits per heavy atom. The zero-order valence-corrected chi connectivity index (χ0v) is 12.6. The largest absolute Gasteiger partial charge is 0.520 e. The van der Waals surface area contributed by atoms with Crippen LogP contribution in [0.1, 0.15) is 5.56 Å². The van der Waals surface area contributed by atoms with E-state index in [1.165, 1.54) is 0 Å². The molecule has 0 saturated heterocycles. The number of ether oxygens (including phenoxy) is 2. The number of rotatable bonds is 5. The lowest BCUT2D eigenvalue weighted by Gasteiger charge is -2.18. The van der Waals surface area contributed by atoms with E-state index in [9.17, 15) is 4.79 Å². The van der Waals surface area contributed by atoms with Crippen molar-refractivity contribution in [3.63, 3.8) is 0 Å². The molecular formula is C13H20O4Si. The van der Waals surface area contributed by atoms with Gasteiger partial charge >= 0.3 is 0 Å². The summed E-state index contributed by atoms with van der Waals surface area (Å²) in [6.45, 7) is 5.95. The highest BCUT2D eigenvalue weighted by atomic mass is 28.4. The molecule has 0 aliphatic heterocycles. The van der Waals surface area contributed by atoms with Crippen LogP contribution in [-0.2, 0) is 15.6 Å². The molecule has 4 nitrogen and oxygen atoms in total. The second kappa shape index (κ2) is 5.91. The third-order valence-corrected chi connectivity index (χ3v) is 3.09. The fourth-order valence-corrected chi connectivity index (χ4v) is 2.29. The van der Waals surface area contributed by atoms with Crippen molar-refractivity contribution in [1.82, 2.24) is 0 Å². The molecule has 18 heavy (non-hydrogen) atoms. The lowest BCUT2D eigenvalue weighted by molar-refractivity contribution is -0.134. The minimum Gasteiger partial charge on any atom is -0.520 e. The Balaban J connectivity index is 2.81. The molecule has 0 heterocycles. The SMILES string of the molecule is COc1ccc(CC(=O)O[Si](C)(C)C)c(OC)c1. The Morgan fingerprint density at radius 1 is 1.17 bits per heavy atom. The first-order valence-corrected chi connectivity index (χ1v) is 9.19. The van der Waals surface area contributed by atoms with E-state index in [0.717, 1.165) is 5.56 Å². The first kappa shape index (κ1) is 14.6. The fourth-order valence-electron chi connectivity index (χ4n) is 1.53. The van der Waals surface area contributed by atoms with Crippen molar-refractivity contribution in [2.75, 3.05) is 14.2 Å². The van der Waals surface area contributed by atoms with Crippen LogP contribution in [0.15, 0.2) is 18.2 Å². The minimum atomic E-state index is -1.83. The summed E-state index contributed by atoms with van der Waals surface area (Å²) in [7, 11) is 1.33. The summed E-state index contributed by atoms with van der Waals surface area (Å²) in [5, 5.41) is 0. The van der Waals surface area contributed by atoms with E-state index in [0.29, 0.717) is 11.5 Å². The standard InChI is InChI=1S/C13H20O4Si/c1-15-11-7-6-10(12(9-11)16-2)8-13(14)17-18(3,4)5/h6-7,9H,8H2,1-5H3. The summed E-state index contributed by atoms with van der Waals surface area (Å²) in [6.07, 6.45) is 0.220. The van der Waals surface area contributed by atoms with Gasteiger partial charge in [-0.1, -0.05) is 6.07 Å². The molecule has 0 unspecified atom stereocenters. The van der Waals surface area contributed by atoms with Crippen molar-refractivity contribution in [1.29, 1.82) is 0 Å². The van der Waals surface area contributed by atoms with Crippen LogP contribution >= 0.6 is 0 Å². The van der Waals surface area contributed by atoms with E-state index in [1.807, 2.05) is 25.7 Å². The van der Waals surface area contributed by atoms with E-state index < -0.39 is 8.32 Å². The molecular weight excluding hydrogens is 248 g/mol. The highest BCUT2D eigenvalue weighted by molar-refractivity contribution is 6.71. The molecule has 0 radical (unpaired) electrons. The number of benzene rings is 1. The normalized spacial score (nSPS) is 10.9. The number of carbonyl (C=O) groups excluding carboxylic acids is 1. The zero-order chi connectivity index (χ0) is 13.8. The van der Waals surface area contributed by atoms with Gasteiger partial charge in [-0.05, 0) is 25.7 Å². The van der Waals surface area contributed by atoms with E-state index in [1.54, 1.807) is 26.4 Å². The Morgan fingerprint density at radius 2 is 1.83 bits per heavy atom. The molecule has 0 N–H and O–H groups in total. The van der Waals surface area contributed by atoms with Crippen LogP contribution in [0.25, 0.3) is 0 Å². The minimum absolute atomic E-state index is 0.211. The van der Waals surface area contributed by atoms with Gasteiger partial charge in [-0.15, -0.1) is 0 Å². The average molecular weight is 268 g/mol. The number of hydrogen-bond donors (Lipinski definition) is 0. The Kier molecular flexibility index (Phi) is 4.78. The van der Waals surface area contributed by atoms with E-state index in [-0.39, 0.29) is 12.4 Å². The first-order chi connectivity index (χ1) is 8.35. The molecule has 0 amide bonds. The lowest BCUT2D eigenvalue weighted by Crippen LogP contribution is -2.30. The van der Waals surface area contributed by atoms with Crippen molar-refractivity contribution in [3.05, 3.63) is 23.8 Å². The van der Waals surface area contributed by atoms with Crippen molar-refractivity contribution < 1.29 is 18.7 Å². The van der Waals surface area contributed by atoms with Gasteiger partial charge in [0.25, 0.3) is 5.97 Å². The van der Waals surface area contributed by atoms with Gasteiger partial charge in [0.15, 0.2) is 0 Å². The van der Waals surface area contributed by atoms with Crippen molar-refractivity contribution in [2.24, 2.45) is 0 Å². The molecule has 5 heteroatoms. The van der Waals surface area contributed by atoms with Crippen LogP contribution in [0.3, 0.4) is 0 Å². The Hall–Kier alpha value is -1.49. The third-order valence-electron chi connectivity index (χ3n) is 2.25. The topological polar surface area (TPSA) is 44.8 Å². The quantitative estimate of drug-likeness (QED) is 0.770. The summed E-state index contributed by atoms with van der Waals surface area (Å²) >= 11 is 0. The highest BCUT2D eigenvalue weighted by Gasteiger charge is 2.21. The van der Waals surface area contributed by atoms with Gasteiger partial charge in [-0.3, -0.25) is 4.79 Å². The maximum absolute atomic E-state index is 11.8. The van der Waals surface area contributed by atoms with E-state index in [2.05, 4.69) is 0 Å². The van der Waals surface area contributed by atoms with Crippen LogP contribution in [0, 0.1) is 0 Å². The smallest absolute Gasteiger partial charge is 0.297 e. The predicted molar refractivity (Wildman–Crippen MR) is 72.7 cm³/mol. The van der Waals surface area contributed by atoms with Crippen LogP contribution in [-0.4, -0.2) is 28.5 Å². The monoisotopic (exact) mass is 268 g/mol. The van der Waals surface area contributed by atoms with Gasteiger partial charge in [-0.25, -0.2) is 0 Å². The molecule has 0 atom stereocenters. The van der Waals surface area contributed by atoms with Crippen LogP contribution < -0.4 is 9.47 Å². The summed E-state index contributed by atoms with van der Waals surface area (Å²) in [5.74, 6) is 1.13. The van der Waals surface area contributed by atoms with Crippen LogP contribution in [0.4, 0.5) is 0 Å². The lowest BCUT2D eigenvalue weighted by atomic mass is 10.1. The van der Waals surface area contributed by atoms with Crippen molar-refractivity contribution >= 4 is 14.3 Å². The fraction of sp³-hybridized carbons (Fsp3) is 0.462. The number of carbonyl (C=O) groups is 1. The molecule has 0 fully saturated rings. The summed E-state index contributed by atoms with van der Waals surface area (Å²) in [4.78, 5) is 11.8. The summed E-state index contributed by atoms with van der Waals surface area (Å²) in [6, 6.07) is 5.39. The molecule has 100 valence electrons. The molecule has 0 aliphatic rings. The predicted octanol–water partition coefficient (Wildman–Crippen LogP) is 2.62. The third kappa shape index (κ3) is 4.41. The molecule has 1 aromatic rings. The molecule has 0 aromatic heterocycles. The number of methoxy groups -OCH3 is 2. The molecule has 1 aromatic carbocycles. The summed E-state index contributed by atoms with van der Waals surface area (Å²) < 4.78 is 15.8. The van der Waals surface area contributed by atoms with E-state index >= 15 is 0 Å². The van der Waals surface area contributed by atoms with Gasteiger partial charge in [0.05, 0.1) is 20.6 Å². The zero-order valence-electron chi connectivity index (χ0n) is 11.6. The van der Waals surface area contributed by atoms with Gasteiger partial charge in [0, 0.05) is 11.6 Å². The van der Waals surface area contributed by atoms with Gasteiger partial charge in [0.2, 0.25) is 8.32 Å². The Labute approximate surface area is 109 Å². The molecule has 0 spiro atoms. The molecule has 0 bridgehead atoms. The Bertz CT molecular complexity index is 423. The molecule has 0 aliphatic carbocycles. The maximum Gasteiger partial charge on any atom is 0.297 e. The van der Waals surface area contributed by atoms with E-state index in [4.69, 9.17) is 13.9 Å². The summed E-state index contributed by atoms with van der Waals surface area (Å²) in [5.41, 5.74) is 0.807. The van der Waals surface area contributed by atoms with Gasteiger partial charge in [0.1, 0.15) is 11.5 Å². The second-order valence-electron chi connectivity index (χ2n) is 4.94. The first-order valence-electron chi connectivity index (χ1n) is 5.78. The van der Waals surface area contributed by atoms with Gasteiger partial charge < -0.3 is 13.9 Å².